The molecule has 60 valence electrons. The second-order valence-corrected chi connectivity index (χ2v) is 2.58. The third-order valence-electron chi connectivity index (χ3n) is 1.02. The van der Waals surface area contributed by atoms with E-state index in [1.807, 2.05) is 0 Å². The number of carboxylic acid groups (broad SMARTS) is 1. The molecule has 1 atom stereocenters. The minimum atomic E-state index is -0.825. The molecular formula is C5H12N2O2Se. The molecule has 0 saturated carbocycles. The second kappa shape index (κ2) is 5.68. The Morgan fingerprint density at radius 3 is 2.70 bits per heavy atom. The molecule has 0 spiro atoms. The fourth-order valence-corrected chi connectivity index (χ4v) is 1.09. The van der Waals surface area contributed by atoms with Gasteiger partial charge in [-0.1, -0.05) is 0 Å². The van der Waals surface area contributed by atoms with E-state index < -0.39 is 12.0 Å². The Kier molecular flexibility index (Phi) is 5.62. The Balaban J connectivity index is 3.50. The van der Waals surface area contributed by atoms with E-state index in [4.69, 9.17) is 10.8 Å². The summed E-state index contributed by atoms with van der Waals surface area (Å²) in [6.07, 6.45) is 0. The molecular weight excluding hydrogens is 199 g/mol. The van der Waals surface area contributed by atoms with Gasteiger partial charge in [0.1, 0.15) is 0 Å². The van der Waals surface area contributed by atoms with Crippen molar-refractivity contribution in [1.82, 2.24) is 5.32 Å². The summed E-state index contributed by atoms with van der Waals surface area (Å²) in [7, 11) is 0. The molecule has 0 saturated heterocycles. The van der Waals surface area contributed by atoms with Crippen molar-refractivity contribution < 1.29 is 9.90 Å². The van der Waals surface area contributed by atoms with Crippen molar-refractivity contribution in [3.8, 4) is 0 Å². The zero-order valence-electron chi connectivity index (χ0n) is 5.58. The van der Waals surface area contributed by atoms with Gasteiger partial charge in [0, 0.05) is 0 Å². The molecule has 0 aliphatic carbocycles. The number of hydrogen-bond acceptors (Lipinski definition) is 3. The van der Waals surface area contributed by atoms with Gasteiger partial charge in [0.2, 0.25) is 0 Å². The van der Waals surface area contributed by atoms with Crippen LogP contribution in [0.1, 0.15) is 0 Å². The van der Waals surface area contributed by atoms with Crippen molar-refractivity contribution in [1.29, 1.82) is 0 Å². The van der Waals surface area contributed by atoms with Gasteiger partial charge in [-0.2, -0.15) is 0 Å². The topological polar surface area (TPSA) is 75.3 Å². The van der Waals surface area contributed by atoms with E-state index in [0.717, 1.165) is 0 Å². The zero-order valence-corrected chi connectivity index (χ0v) is 7.46. The van der Waals surface area contributed by atoms with Crippen LogP contribution in [0.2, 0.25) is 5.32 Å². The van der Waals surface area contributed by atoms with Gasteiger partial charge < -0.3 is 0 Å². The van der Waals surface area contributed by atoms with Crippen molar-refractivity contribution in [3.05, 3.63) is 0 Å². The molecule has 0 fully saturated rings. The van der Waals surface area contributed by atoms with Gasteiger partial charge in [0.25, 0.3) is 0 Å². The summed E-state index contributed by atoms with van der Waals surface area (Å²) in [5.41, 5.74) is 5.17. The molecule has 0 aromatic rings. The SMILES string of the molecule is NCCN[C@@H](C[SeH])C(=O)O. The first kappa shape index (κ1) is 9.91. The van der Waals surface area contributed by atoms with Crippen LogP contribution in [0, 0.1) is 0 Å². The molecule has 10 heavy (non-hydrogen) atoms. The number of nitrogens with two attached hydrogens (primary N) is 1. The zero-order chi connectivity index (χ0) is 7.98. The van der Waals surface area contributed by atoms with E-state index in [-0.39, 0.29) is 0 Å². The predicted octanol–water partition coefficient (Wildman–Crippen LogP) is -1.69. The van der Waals surface area contributed by atoms with Gasteiger partial charge in [-0.05, 0) is 0 Å². The maximum absolute atomic E-state index is 10.3. The first-order chi connectivity index (χ1) is 4.72. The van der Waals surface area contributed by atoms with Crippen LogP contribution in [-0.4, -0.2) is 46.2 Å². The van der Waals surface area contributed by atoms with E-state index in [2.05, 4.69) is 21.3 Å². The summed E-state index contributed by atoms with van der Waals surface area (Å²) in [6.45, 7) is 1.02. The quantitative estimate of drug-likeness (QED) is 0.474. The fraction of sp³-hybridized carbons (Fsp3) is 0.800. The second-order valence-electron chi connectivity index (χ2n) is 1.82. The van der Waals surface area contributed by atoms with Crippen LogP contribution in [0.25, 0.3) is 0 Å². The molecule has 0 aromatic carbocycles. The van der Waals surface area contributed by atoms with E-state index in [0.29, 0.717) is 18.4 Å². The van der Waals surface area contributed by atoms with Crippen molar-refractivity contribution >= 4 is 22.0 Å². The summed E-state index contributed by atoms with van der Waals surface area (Å²) in [5, 5.41) is 11.8. The average Bonchev–Trinajstić information content (AvgIpc) is 1.89. The van der Waals surface area contributed by atoms with Crippen LogP contribution < -0.4 is 11.1 Å². The first-order valence-electron chi connectivity index (χ1n) is 2.99. The van der Waals surface area contributed by atoms with Gasteiger partial charge in [0.05, 0.1) is 0 Å². The molecule has 0 radical (unpaired) electrons. The third-order valence-corrected chi connectivity index (χ3v) is 1.78. The molecule has 4 nitrogen and oxygen atoms in total. The molecule has 0 heterocycles. The maximum atomic E-state index is 10.3. The predicted molar refractivity (Wildman–Crippen MR) is 40.4 cm³/mol. The molecule has 0 bridgehead atoms. The number of hydrogen-bond donors (Lipinski definition) is 3. The van der Waals surface area contributed by atoms with E-state index >= 15 is 0 Å². The molecule has 0 amide bonds. The number of carbonyl (C=O) groups is 1. The standard InChI is InChI=1S/C5H12N2O2Se/c6-1-2-7-4(3-10)5(8)9/h4,7,10H,1-3,6H2,(H,8,9)/t4-/m0/s1. The summed E-state index contributed by atoms with van der Waals surface area (Å²) >= 11 is 2.24. The van der Waals surface area contributed by atoms with Gasteiger partial charge >= 0.3 is 67.4 Å². The Morgan fingerprint density at radius 1 is 1.80 bits per heavy atom. The molecule has 0 rings (SSSR count). The fourth-order valence-electron chi connectivity index (χ4n) is 0.488. The average molecular weight is 211 g/mol. The molecule has 4 N–H and O–H groups in total. The van der Waals surface area contributed by atoms with E-state index in [9.17, 15) is 4.79 Å². The Morgan fingerprint density at radius 2 is 2.40 bits per heavy atom. The number of carboxylic acids is 1. The van der Waals surface area contributed by atoms with Crippen molar-refractivity contribution in [2.45, 2.75) is 11.4 Å². The summed E-state index contributed by atoms with van der Waals surface area (Å²) in [5.74, 6) is -0.825. The minimum absolute atomic E-state index is 0.469. The van der Waals surface area contributed by atoms with Crippen molar-refractivity contribution in [2.24, 2.45) is 5.73 Å². The molecule has 0 unspecified atom stereocenters. The van der Waals surface area contributed by atoms with Gasteiger partial charge in [-0.15, -0.1) is 0 Å². The van der Waals surface area contributed by atoms with Crippen molar-refractivity contribution in [3.63, 3.8) is 0 Å². The Hall–Kier alpha value is -0.0905. The van der Waals surface area contributed by atoms with Gasteiger partial charge in [-0.3, -0.25) is 0 Å². The van der Waals surface area contributed by atoms with Crippen LogP contribution in [0.15, 0.2) is 0 Å². The van der Waals surface area contributed by atoms with E-state index in [1.165, 1.54) is 0 Å². The monoisotopic (exact) mass is 212 g/mol. The molecule has 0 aliphatic rings. The normalized spacial score (nSPS) is 13.0. The van der Waals surface area contributed by atoms with Crippen LogP contribution in [-0.2, 0) is 4.79 Å². The number of aliphatic carboxylic acids is 1. The van der Waals surface area contributed by atoms with Gasteiger partial charge in [0.15, 0.2) is 0 Å². The van der Waals surface area contributed by atoms with E-state index in [1.54, 1.807) is 0 Å². The number of nitrogens with one attached hydrogen (secondary N) is 1. The van der Waals surface area contributed by atoms with Crippen LogP contribution in [0.3, 0.4) is 0 Å². The van der Waals surface area contributed by atoms with Gasteiger partial charge in [-0.25, -0.2) is 0 Å². The molecule has 0 aromatic heterocycles. The van der Waals surface area contributed by atoms with Crippen molar-refractivity contribution in [2.75, 3.05) is 13.1 Å². The van der Waals surface area contributed by atoms with Crippen LogP contribution in [0.4, 0.5) is 0 Å². The Bertz CT molecular complexity index is 110. The summed E-state index contributed by atoms with van der Waals surface area (Å²) in [4.78, 5) is 10.3. The third kappa shape index (κ3) is 3.85. The molecule has 0 aliphatic heterocycles. The molecule has 5 heteroatoms. The summed E-state index contributed by atoms with van der Waals surface area (Å²) < 4.78 is 0. The number of rotatable bonds is 5. The summed E-state index contributed by atoms with van der Waals surface area (Å²) in [6, 6.07) is -0.469. The van der Waals surface area contributed by atoms with Crippen LogP contribution in [0.5, 0.6) is 0 Å². The van der Waals surface area contributed by atoms with Crippen LogP contribution >= 0.6 is 0 Å². The Labute approximate surface area is 68.0 Å². The first-order valence-corrected chi connectivity index (χ1v) is 4.32.